The first-order valence-electron chi connectivity index (χ1n) is 5.59. The zero-order valence-electron chi connectivity index (χ0n) is 10.6. The summed E-state index contributed by atoms with van der Waals surface area (Å²) < 4.78 is 10.4. The number of benzene rings is 1. The Morgan fingerprint density at radius 1 is 1.18 bits per heavy atom. The first-order chi connectivity index (χ1) is 8.08. The number of rotatable bonds is 6. The zero-order chi connectivity index (χ0) is 12.8. The van der Waals surface area contributed by atoms with Crippen LogP contribution in [0.15, 0.2) is 12.1 Å². The van der Waals surface area contributed by atoms with Gasteiger partial charge in [-0.25, -0.2) is 0 Å². The summed E-state index contributed by atoms with van der Waals surface area (Å²) in [5, 5.41) is 18.6. The highest BCUT2D eigenvalue weighted by Crippen LogP contribution is 2.25. The molecule has 4 heteroatoms. The number of hydrogen-bond donors (Lipinski definition) is 2. The van der Waals surface area contributed by atoms with Gasteiger partial charge in [-0.15, -0.1) is 0 Å². The summed E-state index contributed by atoms with van der Waals surface area (Å²) in [7, 11) is 1.54. The summed E-state index contributed by atoms with van der Waals surface area (Å²) in [4.78, 5) is 0. The highest BCUT2D eigenvalue weighted by Gasteiger charge is 2.09. The van der Waals surface area contributed by atoms with Crippen LogP contribution in [-0.4, -0.2) is 36.6 Å². The second-order valence-corrected chi connectivity index (χ2v) is 4.14. The molecular weight excluding hydrogens is 220 g/mol. The van der Waals surface area contributed by atoms with Gasteiger partial charge in [-0.1, -0.05) is 12.1 Å². The molecule has 2 N–H and O–H groups in total. The summed E-state index contributed by atoms with van der Waals surface area (Å²) in [6.45, 7) is 4.32. The minimum absolute atomic E-state index is 0.0221. The van der Waals surface area contributed by atoms with Gasteiger partial charge in [0.05, 0.1) is 13.2 Å². The molecule has 0 heterocycles. The van der Waals surface area contributed by atoms with Crippen molar-refractivity contribution < 1.29 is 19.7 Å². The topological polar surface area (TPSA) is 58.9 Å². The summed E-state index contributed by atoms with van der Waals surface area (Å²) in [6.07, 6.45) is -0.628. The van der Waals surface area contributed by atoms with Gasteiger partial charge in [0, 0.05) is 7.11 Å². The van der Waals surface area contributed by atoms with E-state index in [1.807, 2.05) is 26.0 Å². The Morgan fingerprint density at radius 2 is 1.76 bits per heavy atom. The molecule has 96 valence electrons. The van der Waals surface area contributed by atoms with Gasteiger partial charge in [0.2, 0.25) is 0 Å². The molecule has 0 radical (unpaired) electrons. The fourth-order valence-corrected chi connectivity index (χ4v) is 1.78. The third kappa shape index (κ3) is 4.00. The van der Waals surface area contributed by atoms with E-state index in [0.717, 1.165) is 22.4 Å². The van der Waals surface area contributed by atoms with Crippen molar-refractivity contribution >= 4 is 0 Å². The van der Waals surface area contributed by atoms with Crippen LogP contribution in [0.4, 0.5) is 0 Å². The van der Waals surface area contributed by atoms with Crippen LogP contribution >= 0.6 is 0 Å². The zero-order valence-corrected chi connectivity index (χ0v) is 10.6. The Kier molecular flexibility index (Phi) is 5.41. The first-order valence-corrected chi connectivity index (χ1v) is 5.59. The lowest BCUT2D eigenvalue weighted by Crippen LogP contribution is -2.23. The van der Waals surface area contributed by atoms with E-state index in [1.165, 1.54) is 7.11 Å². The number of ether oxygens (including phenoxy) is 2. The molecule has 0 saturated carbocycles. The van der Waals surface area contributed by atoms with E-state index in [-0.39, 0.29) is 19.8 Å². The Bertz CT molecular complexity index is 339. The van der Waals surface area contributed by atoms with Crippen molar-refractivity contribution in [2.75, 3.05) is 20.3 Å². The van der Waals surface area contributed by atoms with E-state index in [1.54, 1.807) is 0 Å². The van der Waals surface area contributed by atoms with Gasteiger partial charge in [0.15, 0.2) is 0 Å². The number of hydrogen-bond acceptors (Lipinski definition) is 4. The third-order valence-corrected chi connectivity index (χ3v) is 2.48. The monoisotopic (exact) mass is 240 g/mol. The molecule has 1 atom stereocenters. The Labute approximate surface area is 102 Å². The average Bonchev–Trinajstić information content (AvgIpc) is 2.28. The van der Waals surface area contributed by atoms with Crippen LogP contribution in [0.1, 0.15) is 16.7 Å². The van der Waals surface area contributed by atoms with Crippen LogP contribution in [0.5, 0.6) is 5.75 Å². The van der Waals surface area contributed by atoms with Crippen molar-refractivity contribution in [3.05, 3.63) is 28.8 Å². The van der Waals surface area contributed by atoms with E-state index < -0.39 is 6.10 Å². The van der Waals surface area contributed by atoms with Gasteiger partial charge in [-0.2, -0.15) is 0 Å². The molecule has 1 unspecified atom stereocenters. The average molecular weight is 240 g/mol. The fourth-order valence-electron chi connectivity index (χ4n) is 1.78. The van der Waals surface area contributed by atoms with Crippen molar-refractivity contribution in [2.24, 2.45) is 0 Å². The molecule has 1 aromatic rings. The van der Waals surface area contributed by atoms with Crippen LogP contribution in [0.25, 0.3) is 0 Å². The smallest absolute Gasteiger partial charge is 0.125 e. The Hall–Kier alpha value is -1.10. The van der Waals surface area contributed by atoms with E-state index in [2.05, 4.69) is 0 Å². The molecule has 0 spiro atoms. The summed E-state index contributed by atoms with van der Waals surface area (Å²) in [5.74, 6) is 0.761. The Morgan fingerprint density at radius 3 is 2.24 bits per heavy atom. The molecule has 0 aliphatic rings. The molecule has 4 nitrogen and oxygen atoms in total. The van der Waals surface area contributed by atoms with Gasteiger partial charge >= 0.3 is 0 Å². The molecule has 0 aromatic heterocycles. The van der Waals surface area contributed by atoms with Gasteiger partial charge < -0.3 is 19.7 Å². The van der Waals surface area contributed by atoms with Crippen molar-refractivity contribution in [1.82, 2.24) is 0 Å². The molecule has 0 fully saturated rings. The maximum absolute atomic E-state index is 9.50. The van der Waals surface area contributed by atoms with Gasteiger partial charge in [0.25, 0.3) is 0 Å². The summed E-state index contributed by atoms with van der Waals surface area (Å²) in [6, 6.07) is 3.76. The SMILES string of the molecule is COCC(O)COc1c(C)cc(CO)cc1C. The molecule has 1 rings (SSSR count). The lowest BCUT2D eigenvalue weighted by Gasteiger charge is -2.16. The highest BCUT2D eigenvalue weighted by atomic mass is 16.5. The van der Waals surface area contributed by atoms with Crippen molar-refractivity contribution in [2.45, 2.75) is 26.6 Å². The van der Waals surface area contributed by atoms with Crippen molar-refractivity contribution in [1.29, 1.82) is 0 Å². The van der Waals surface area contributed by atoms with Gasteiger partial charge in [-0.3, -0.25) is 0 Å². The molecule has 0 aliphatic heterocycles. The van der Waals surface area contributed by atoms with Crippen molar-refractivity contribution in [3.8, 4) is 5.75 Å². The van der Waals surface area contributed by atoms with E-state index in [9.17, 15) is 5.11 Å². The maximum atomic E-state index is 9.50. The Balaban J connectivity index is 2.71. The molecule has 0 aliphatic carbocycles. The quantitative estimate of drug-likeness (QED) is 0.784. The summed E-state index contributed by atoms with van der Waals surface area (Å²) in [5.41, 5.74) is 2.78. The molecular formula is C13H20O4. The van der Waals surface area contributed by atoms with E-state index >= 15 is 0 Å². The summed E-state index contributed by atoms with van der Waals surface area (Å²) >= 11 is 0. The van der Waals surface area contributed by atoms with Crippen LogP contribution in [-0.2, 0) is 11.3 Å². The van der Waals surface area contributed by atoms with Crippen LogP contribution in [0.2, 0.25) is 0 Å². The molecule has 0 amide bonds. The van der Waals surface area contributed by atoms with E-state index in [0.29, 0.717) is 0 Å². The predicted molar refractivity (Wildman–Crippen MR) is 65.2 cm³/mol. The van der Waals surface area contributed by atoms with Gasteiger partial charge in [0.1, 0.15) is 18.5 Å². The first kappa shape index (κ1) is 14.0. The minimum atomic E-state index is -0.628. The number of aryl methyl sites for hydroxylation is 2. The van der Waals surface area contributed by atoms with Crippen LogP contribution < -0.4 is 4.74 Å². The lowest BCUT2D eigenvalue weighted by atomic mass is 10.1. The fraction of sp³-hybridized carbons (Fsp3) is 0.538. The van der Waals surface area contributed by atoms with E-state index in [4.69, 9.17) is 14.6 Å². The van der Waals surface area contributed by atoms with Crippen LogP contribution in [0.3, 0.4) is 0 Å². The predicted octanol–water partition coefficient (Wildman–Crippen LogP) is 1.18. The van der Waals surface area contributed by atoms with Crippen molar-refractivity contribution in [3.63, 3.8) is 0 Å². The molecule has 17 heavy (non-hydrogen) atoms. The molecule has 0 saturated heterocycles. The number of aliphatic hydroxyl groups excluding tert-OH is 2. The van der Waals surface area contributed by atoms with Crippen LogP contribution in [0, 0.1) is 13.8 Å². The lowest BCUT2D eigenvalue weighted by molar-refractivity contribution is 0.0322. The second-order valence-electron chi connectivity index (χ2n) is 4.14. The minimum Gasteiger partial charge on any atom is -0.490 e. The number of aliphatic hydroxyl groups is 2. The largest absolute Gasteiger partial charge is 0.490 e. The number of methoxy groups -OCH3 is 1. The molecule has 1 aromatic carbocycles. The second kappa shape index (κ2) is 6.59. The third-order valence-electron chi connectivity index (χ3n) is 2.48. The maximum Gasteiger partial charge on any atom is 0.125 e. The standard InChI is InChI=1S/C13H20O4/c1-9-4-11(6-14)5-10(2)13(9)17-8-12(15)7-16-3/h4-5,12,14-15H,6-8H2,1-3H3. The highest BCUT2D eigenvalue weighted by molar-refractivity contribution is 5.43. The normalized spacial score (nSPS) is 12.5. The van der Waals surface area contributed by atoms with Gasteiger partial charge in [-0.05, 0) is 30.5 Å². The molecule has 0 bridgehead atoms.